The maximum atomic E-state index is 12.2. The van der Waals surface area contributed by atoms with Crippen LogP contribution in [0.4, 0.5) is 5.69 Å². The highest BCUT2D eigenvalue weighted by molar-refractivity contribution is 5.97. The second kappa shape index (κ2) is 8.47. The van der Waals surface area contributed by atoms with Crippen LogP contribution in [0.5, 0.6) is 0 Å². The Balaban J connectivity index is 2.04. The molecule has 0 radical (unpaired) electrons. The Hall–Kier alpha value is -2.62. The molecule has 0 bridgehead atoms. The number of anilines is 1. The molecule has 0 aliphatic carbocycles. The number of hydrogen-bond acceptors (Lipinski definition) is 3. The smallest absolute Gasteiger partial charge is 0.338 e. The van der Waals surface area contributed by atoms with E-state index < -0.39 is 5.97 Å². The van der Waals surface area contributed by atoms with Gasteiger partial charge < -0.3 is 10.1 Å². The number of carbonyl (C=O) groups excluding carboxylic acids is 2. The number of aryl methyl sites for hydroxylation is 4. The van der Waals surface area contributed by atoms with Crippen LogP contribution in [0.2, 0.25) is 0 Å². The van der Waals surface area contributed by atoms with Crippen molar-refractivity contribution in [3.8, 4) is 0 Å². The van der Waals surface area contributed by atoms with Gasteiger partial charge in [0, 0.05) is 5.69 Å². The zero-order valence-electron chi connectivity index (χ0n) is 15.3. The number of nitrogens with one attached hydrogen (secondary N) is 1. The van der Waals surface area contributed by atoms with Crippen molar-refractivity contribution in [2.24, 2.45) is 0 Å². The summed E-state index contributed by atoms with van der Waals surface area (Å²) in [5.41, 5.74) is 5.30. The second-order valence-electron chi connectivity index (χ2n) is 6.10. The van der Waals surface area contributed by atoms with Gasteiger partial charge in [-0.25, -0.2) is 4.79 Å². The van der Waals surface area contributed by atoms with Gasteiger partial charge in [0.1, 0.15) is 0 Å². The number of carbonyl (C=O) groups is 2. The van der Waals surface area contributed by atoms with Crippen LogP contribution in [0.15, 0.2) is 36.4 Å². The molecule has 0 spiro atoms. The fourth-order valence-corrected chi connectivity index (χ4v) is 2.74. The van der Waals surface area contributed by atoms with Crippen LogP contribution < -0.4 is 5.32 Å². The Bertz CT molecular complexity index is 758. The highest BCUT2D eigenvalue weighted by Gasteiger charge is 2.15. The third kappa shape index (κ3) is 4.69. The monoisotopic (exact) mass is 339 g/mol. The summed E-state index contributed by atoms with van der Waals surface area (Å²) in [6.45, 7) is 7.56. The number of benzene rings is 2. The second-order valence-corrected chi connectivity index (χ2v) is 6.10. The SMILES string of the molecule is CCc1cccc(CC)c1NC(=O)COC(=O)c1cc(C)ccc1C. The lowest BCUT2D eigenvalue weighted by Crippen LogP contribution is -2.22. The number of ether oxygens (including phenoxy) is 1. The summed E-state index contributed by atoms with van der Waals surface area (Å²) in [6.07, 6.45) is 1.65. The minimum atomic E-state index is -0.476. The van der Waals surface area contributed by atoms with Crippen molar-refractivity contribution in [3.05, 3.63) is 64.2 Å². The standard InChI is InChI=1S/C21H25NO3/c1-5-16-8-7-9-17(6-2)20(16)22-19(23)13-25-21(24)18-12-14(3)10-11-15(18)4/h7-12H,5-6,13H2,1-4H3,(H,22,23). The molecule has 0 aromatic heterocycles. The molecule has 0 heterocycles. The van der Waals surface area contributed by atoms with Gasteiger partial charge >= 0.3 is 5.97 Å². The zero-order valence-corrected chi connectivity index (χ0v) is 15.3. The van der Waals surface area contributed by atoms with Gasteiger partial charge in [-0.15, -0.1) is 0 Å². The molecule has 2 rings (SSSR count). The lowest BCUT2D eigenvalue weighted by atomic mass is 10.0. The van der Waals surface area contributed by atoms with Crippen molar-refractivity contribution >= 4 is 17.6 Å². The maximum absolute atomic E-state index is 12.2. The van der Waals surface area contributed by atoms with Crippen LogP contribution in [0.3, 0.4) is 0 Å². The molecular formula is C21H25NO3. The first-order chi connectivity index (χ1) is 12.0. The molecule has 0 aliphatic heterocycles. The summed E-state index contributed by atoms with van der Waals surface area (Å²) in [4.78, 5) is 24.5. The van der Waals surface area contributed by atoms with E-state index in [0.29, 0.717) is 5.56 Å². The van der Waals surface area contributed by atoms with E-state index in [0.717, 1.165) is 40.8 Å². The molecule has 4 heteroatoms. The minimum absolute atomic E-state index is 0.298. The largest absolute Gasteiger partial charge is 0.452 e. The highest BCUT2D eigenvalue weighted by atomic mass is 16.5. The first-order valence-electron chi connectivity index (χ1n) is 8.61. The van der Waals surface area contributed by atoms with Gasteiger partial charge in [-0.3, -0.25) is 4.79 Å². The number of esters is 1. The fourth-order valence-electron chi connectivity index (χ4n) is 2.74. The average molecular weight is 339 g/mol. The Kier molecular flexibility index (Phi) is 6.34. The van der Waals surface area contributed by atoms with E-state index in [-0.39, 0.29) is 12.5 Å². The Morgan fingerprint density at radius 1 is 1.00 bits per heavy atom. The molecule has 25 heavy (non-hydrogen) atoms. The highest BCUT2D eigenvalue weighted by Crippen LogP contribution is 2.22. The minimum Gasteiger partial charge on any atom is -0.452 e. The molecule has 1 amide bonds. The van der Waals surface area contributed by atoms with Crippen LogP contribution in [0.1, 0.15) is 46.5 Å². The maximum Gasteiger partial charge on any atom is 0.338 e. The number of hydrogen-bond donors (Lipinski definition) is 1. The summed E-state index contributed by atoms with van der Waals surface area (Å²) < 4.78 is 5.19. The fraction of sp³-hybridized carbons (Fsp3) is 0.333. The molecule has 4 nitrogen and oxygen atoms in total. The molecule has 132 valence electrons. The van der Waals surface area contributed by atoms with E-state index >= 15 is 0 Å². The average Bonchev–Trinajstić information content (AvgIpc) is 2.61. The first-order valence-corrected chi connectivity index (χ1v) is 8.61. The summed E-state index contributed by atoms with van der Waals surface area (Å²) in [6, 6.07) is 11.6. The summed E-state index contributed by atoms with van der Waals surface area (Å²) in [5.74, 6) is -0.801. The van der Waals surface area contributed by atoms with Crippen LogP contribution in [0, 0.1) is 13.8 Å². The Morgan fingerprint density at radius 3 is 2.24 bits per heavy atom. The Labute approximate surface area is 149 Å². The van der Waals surface area contributed by atoms with E-state index in [4.69, 9.17) is 4.74 Å². The number of amides is 1. The van der Waals surface area contributed by atoms with Crippen molar-refractivity contribution in [1.29, 1.82) is 0 Å². The van der Waals surface area contributed by atoms with Gasteiger partial charge in [-0.2, -0.15) is 0 Å². The normalized spacial score (nSPS) is 10.4. The third-order valence-electron chi connectivity index (χ3n) is 4.21. The predicted molar refractivity (Wildman–Crippen MR) is 100 cm³/mol. The summed E-state index contributed by atoms with van der Waals surface area (Å²) in [7, 11) is 0. The van der Waals surface area contributed by atoms with Crippen LogP contribution in [-0.4, -0.2) is 18.5 Å². The lowest BCUT2D eigenvalue weighted by molar-refractivity contribution is -0.119. The van der Waals surface area contributed by atoms with Gasteiger partial charge in [-0.1, -0.05) is 49.7 Å². The zero-order chi connectivity index (χ0) is 18.4. The summed E-state index contributed by atoms with van der Waals surface area (Å²) in [5, 5.41) is 2.90. The van der Waals surface area contributed by atoms with Crippen molar-refractivity contribution in [2.75, 3.05) is 11.9 Å². The van der Waals surface area contributed by atoms with Crippen LogP contribution in [-0.2, 0) is 22.4 Å². The molecule has 2 aromatic carbocycles. The summed E-state index contributed by atoms with van der Waals surface area (Å²) >= 11 is 0. The molecule has 0 saturated carbocycles. The number of para-hydroxylation sites is 1. The van der Waals surface area contributed by atoms with Crippen LogP contribution in [0.25, 0.3) is 0 Å². The molecule has 2 aromatic rings. The topological polar surface area (TPSA) is 55.4 Å². The molecule has 0 unspecified atom stereocenters. The molecule has 0 saturated heterocycles. The van der Waals surface area contributed by atoms with Gasteiger partial charge in [0.05, 0.1) is 5.56 Å². The van der Waals surface area contributed by atoms with Crippen molar-refractivity contribution in [2.45, 2.75) is 40.5 Å². The predicted octanol–water partition coefficient (Wildman–Crippen LogP) is 4.22. The van der Waals surface area contributed by atoms with Crippen LogP contribution >= 0.6 is 0 Å². The molecule has 0 fully saturated rings. The van der Waals surface area contributed by atoms with Crippen molar-refractivity contribution in [1.82, 2.24) is 0 Å². The van der Waals surface area contributed by atoms with E-state index in [1.807, 2.05) is 58.0 Å². The van der Waals surface area contributed by atoms with Crippen molar-refractivity contribution in [3.63, 3.8) is 0 Å². The van der Waals surface area contributed by atoms with Gasteiger partial charge in [-0.05, 0) is 49.4 Å². The van der Waals surface area contributed by atoms with E-state index in [2.05, 4.69) is 5.32 Å². The lowest BCUT2D eigenvalue weighted by Gasteiger charge is -2.14. The molecule has 1 N–H and O–H groups in total. The molecular weight excluding hydrogens is 314 g/mol. The first kappa shape index (κ1) is 18.7. The molecule has 0 atom stereocenters. The Morgan fingerprint density at radius 2 is 1.64 bits per heavy atom. The quantitative estimate of drug-likeness (QED) is 0.802. The van der Waals surface area contributed by atoms with E-state index in [9.17, 15) is 9.59 Å². The van der Waals surface area contributed by atoms with Crippen molar-refractivity contribution < 1.29 is 14.3 Å². The van der Waals surface area contributed by atoms with E-state index in [1.165, 1.54) is 0 Å². The number of rotatable bonds is 6. The van der Waals surface area contributed by atoms with E-state index in [1.54, 1.807) is 6.07 Å². The third-order valence-corrected chi connectivity index (χ3v) is 4.21. The van der Waals surface area contributed by atoms with Gasteiger partial charge in [0.25, 0.3) is 5.91 Å². The molecule has 0 aliphatic rings. The van der Waals surface area contributed by atoms with Gasteiger partial charge in [0.15, 0.2) is 6.61 Å². The van der Waals surface area contributed by atoms with Gasteiger partial charge in [0.2, 0.25) is 0 Å².